The van der Waals surface area contributed by atoms with Gasteiger partial charge in [0.15, 0.2) is 0 Å². The normalized spacial score (nSPS) is 11.9. The first-order valence-corrected chi connectivity index (χ1v) is 7.18. The fraction of sp³-hybridized carbons (Fsp3) is 0.692. The molecule has 15 heteroatoms. The van der Waals surface area contributed by atoms with Crippen molar-refractivity contribution in [3.8, 4) is 0 Å². The minimum atomic E-state index is -5.08. The molecule has 0 spiro atoms. The third-order valence-electron chi connectivity index (χ3n) is 2.20. The van der Waals surface area contributed by atoms with Crippen LogP contribution < -0.4 is 11.1 Å². The van der Waals surface area contributed by atoms with Gasteiger partial charge in [-0.3, -0.25) is 4.79 Å². The summed E-state index contributed by atoms with van der Waals surface area (Å²) >= 11 is 0. The molecule has 6 N–H and O–H groups in total. The Bertz CT molecular complexity index is 496. The third kappa shape index (κ3) is 19.7. The molecule has 0 bridgehead atoms. The fourth-order valence-electron chi connectivity index (χ4n) is 1.09. The maximum atomic E-state index is 11.1. The molecule has 0 aliphatic rings. The second-order valence-electron chi connectivity index (χ2n) is 5.23. The number of rotatable bonds is 6. The molecule has 166 valence electrons. The van der Waals surface area contributed by atoms with Crippen LogP contribution in [0.3, 0.4) is 0 Å². The molecular weight excluding hydrogens is 410 g/mol. The Morgan fingerprint density at radius 3 is 1.39 bits per heavy atom. The van der Waals surface area contributed by atoms with Gasteiger partial charge in [-0.1, -0.05) is 13.8 Å². The summed E-state index contributed by atoms with van der Waals surface area (Å²) in [6, 6.07) is -0.797. The van der Waals surface area contributed by atoms with E-state index in [1.165, 1.54) is 0 Å². The molecule has 0 aliphatic carbocycles. The Hall–Kier alpha value is -2.58. The first kappa shape index (κ1) is 30.2. The van der Waals surface area contributed by atoms with E-state index in [0.29, 0.717) is 6.42 Å². The molecule has 0 fully saturated rings. The van der Waals surface area contributed by atoms with Crippen LogP contribution in [0.5, 0.6) is 0 Å². The monoisotopic (exact) mass is 430 g/mol. The van der Waals surface area contributed by atoms with Crippen molar-refractivity contribution < 1.29 is 60.8 Å². The van der Waals surface area contributed by atoms with E-state index in [1.54, 1.807) is 0 Å². The van der Waals surface area contributed by atoms with E-state index in [0.717, 1.165) is 0 Å². The maximum Gasteiger partial charge on any atom is 0.490 e. The number of carbonyl (C=O) groups is 4. The van der Waals surface area contributed by atoms with Crippen LogP contribution >= 0.6 is 0 Å². The lowest BCUT2D eigenvalue weighted by Gasteiger charge is -2.15. The van der Waals surface area contributed by atoms with Gasteiger partial charge in [-0.2, -0.15) is 26.3 Å². The third-order valence-corrected chi connectivity index (χ3v) is 2.20. The number of carboxylic acid groups (broad SMARTS) is 3. The Morgan fingerprint density at radius 1 is 0.893 bits per heavy atom. The van der Waals surface area contributed by atoms with Crippen molar-refractivity contribution in [3.63, 3.8) is 0 Å². The van der Waals surface area contributed by atoms with Gasteiger partial charge in [-0.25, -0.2) is 14.4 Å². The zero-order valence-corrected chi connectivity index (χ0v) is 14.6. The summed E-state index contributed by atoms with van der Waals surface area (Å²) < 4.78 is 63.5. The van der Waals surface area contributed by atoms with E-state index in [1.807, 2.05) is 13.8 Å². The van der Waals surface area contributed by atoms with Gasteiger partial charge in [0, 0.05) is 13.0 Å². The number of hydrogen-bond donors (Lipinski definition) is 5. The van der Waals surface area contributed by atoms with Crippen LogP contribution in [-0.2, 0) is 19.2 Å². The van der Waals surface area contributed by atoms with Gasteiger partial charge >= 0.3 is 30.3 Å². The van der Waals surface area contributed by atoms with Gasteiger partial charge in [0.1, 0.15) is 6.04 Å². The quantitative estimate of drug-likeness (QED) is 0.392. The molecule has 1 atom stereocenters. The van der Waals surface area contributed by atoms with Crippen molar-refractivity contribution >= 4 is 23.8 Å². The minimum Gasteiger partial charge on any atom is -0.480 e. The summed E-state index contributed by atoms with van der Waals surface area (Å²) in [6.07, 6.45) is -9.56. The number of hydrogen-bond acceptors (Lipinski definition) is 5. The number of amides is 1. The van der Waals surface area contributed by atoms with Crippen LogP contribution in [0.2, 0.25) is 0 Å². The molecule has 0 aliphatic heterocycles. The van der Waals surface area contributed by atoms with Gasteiger partial charge < -0.3 is 26.4 Å². The summed E-state index contributed by atoms with van der Waals surface area (Å²) in [5.74, 6) is -6.58. The Balaban J connectivity index is -0.000000375. The average Bonchev–Trinajstić information content (AvgIpc) is 2.45. The molecule has 1 amide bonds. The average molecular weight is 430 g/mol. The molecule has 0 radical (unpaired) electrons. The molecule has 28 heavy (non-hydrogen) atoms. The van der Waals surface area contributed by atoms with Gasteiger partial charge in [-0.05, 0) is 12.3 Å². The number of nitrogens with one attached hydrogen (secondary N) is 1. The van der Waals surface area contributed by atoms with Gasteiger partial charge in [0.25, 0.3) is 0 Å². The van der Waals surface area contributed by atoms with Crippen LogP contribution in [0.15, 0.2) is 0 Å². The molecule has 0 heterocycles. The Morgan fingerprint density at radius 2 is 1.21 bits per heavy atom. The molecule has 1 unspecified atom stereocenters. The van der Waals surface area contributed by atoms with Gasteiger partial charge in [0.05, 0.1) is 0 Å². The Kier molecular flexibility index (Phi) is 14.6. The van der Waals surface area contributed by atoms with Crippen molar-refractivity contribution in [1.29, 1.82) is 0 Å². The van der Waals surface area contributed by atoms with Crippen LogP contribution in [0.1, 0.15) is 26.7 Å². The van der Waals surface area contributed by atoms with E-state index in [9.17, 15) is 35.9 Å². The molecule has 0 aromatic rings. The van der Waals surface area contributed by atoms with Gasteiger partial charge in [0.2, 0.25) is 5.91 Å². The fourth-order valence-corrected chi connectivity index (χ4v) is 1.09. The molecule has 0 saturated carbocycles. The van der Waals surface area contributed by atoms with Crippen LogP contribution in [0.4, 0.5) is 26.3 Å². The second kappa shape index (κ2) is 13.6. The van der Waals surface area contributed by atoms with Crippen LogP contribution in [-0.4, -0.2) is 64.1 Å². The molecule has 0 aromatic heterocycles. The highest BCUT2D eigenvalue weighted by Gasteiger charge is 2.38. The standard InChI is InChI=1S/C9H18N2O3.2C2HF3O2/c1-6(2)5-7(9(13)14)11-8(12)3-4-10;2*3-2(4,5)1(6)7/h6-7H,3-5,10H2,1-2H3,(H,11,12)(H,13,14);2*(H,6,7). The second-order valence-corrected chi connectivity index (χ2v) is 5.23. The van der Waals surface area contributed by atoms with E-state index in [4.69, 9.17) is 30.6 Å². The summed E-state index contributed by atoms with van der Waals surface area (Å²) in [4.78, 5) is 39.6. The number of alkyl halides is 6. The lowest BCUT2D eigenvalue weighted by atomic mass is 10.0. The summed E-state index contributed by atoms with van der Waals surface area (Å²) in [6.45, 7) is 4.05. The van der Waals surface area contributed by atoms with Crippen molar-refractivity contribution in [3.05, 3.63) is 0 Å². The van der Waals surface area contributed by atoms with Crippen LogP contribution in [0, 0.1) is 5.92 Å². The number of carboxylic acids is 3. The van der Waals surface area contributed by atoms with Crippen molar-refractivity contribution in [2.45, 2.75) is 45.1 Å². The largest absolute Gasteiger partial charge is 0.490 e. The van der Waals surface area contributed by atoms with Crippen LogP contribution in [0.25, 0.3) is 0 Å². The predicted octanol–water partition coefficient (Wildman–Crippen LogP) is 1.22. The first-order chi connectivity index (χ1) is 12.4. The van der Waals surface area contributed by atoms with E-state index in [2.05, 4.69) is 5.32 Å². The molecule has 9 nitrogen and oxygen atoms in total. The smallest absolute Gasteiger partial charge is 0.480 e. The zero-order chi connectivity index (χ0) is 23.3. The molecule has 0 rings (SSSR count). The van der Waals surface area contributed by atoms with Crippen molar-refractivity contribution in [1.82, 2.24) is 5.32 Å². The first-order valence-electron chi connectivity index (χ1n) is 7.18. The number of carbonyl (C=O) groups excluding carboxylic acids is 1. The van der Waals surface area contributed by atoms with E-state index < -0.39 is 36.3 Å². The highest BCUT2D eigenvalue weighted by Crippen LogP contribution is 2.13. The zero-order valence-electron chi connectivity index (χ0n) is 14.6. The molecule has 0 aromatic carbocycles. The number of aliphatic carboxylic acids is 3. The SMILES string of the molecule is CC(C)CC(NC(=O)CCN)C(=O)O.O=C(O)C(F)(F)F.O=C(O)C(F)(F)F. The predicted molar refractivity (Wildman–Crippen MR) is 80.1 cm³/mol. The lowest BCUT2D eigenvalue weighted by Crippen LogP contribution is -2.42. The summed E-state index contributed by atoms with van der Waals surface area (Å²) in [5.41, 5.74) is 5.17. The summed E-state index contributed by atoms with van der Waals surface area (Å²) in [7, 11) is 0. The summed E-state index contributed by atoms with van der Waals surface area (Å²) in [5, 5.41) is 25.5. The molecular formula is C13H20F6N2O7. The number of nitrogens with two attached hydrogens (primary N) is 1. The lowest BCUT2D eigenvalue weighted by molar-refractivity contribution is -0.193. The highest BCUT2D eigenvalue weighted by molar-refractivity contribution is 5.83. The van der Waals surface area contributed by atoms with Crippen molar-refractivity contribution in [2.75, 3.05) is 6.54 Å². The van der Waals surface area contributed by atoms with E-state index in [-0.39, 0.29) is 24.8 Å². The highest BCUT2D eigenvalue weighted by atomic mass is 19.4. The van der Waals surface area contributed by atoms with Crippen molar-refractivity contribution in [2.24, 2.45) is 11.7 Å². The van der Waals surface area contributed by atoms with Gasteiger partial charge in [-0.15, -0.1) is 0 Å². The molecule has 0 saturated heterocycles. The van der Waals surface area contributed by atoms with E-state index >= 15 is 0 Å². The number of halogens is 6. The Labute approximate surface area is 154 Å². The topological polar surface area (TPSA) is 167 Å². The maximum absolute atomic E-state index is 11.1. The minimum absolute atomic E-state index is 0.169.